The van der Waals surface area contributed by atoms with E-state index in [9.17, 15) is 9.59 Å². The zero-order valence-electron chi connectivity index (χ0n) is 16.3. The number of hydrogen-bond donors (Lipinski definition) is 0. The average Bonchev–Trinajstić information content (AvgIpc) is 3.02. The lowest BCUT2D eigenvalue weighted by Crippen LogP contribution is -2.27. The molecule has 7 heteroatoms. The van der Waals surface area contributed by atoms with E-state index in [4.69, 9.17) is 9.47 Å². The molecule has 0 N–H and O–H groups in total. The molecule has 1 fully saturated rings. The number of hydrogen-bond acceptors (Lipinski definition) is 5. The number of carbonyl (C=O) groups is 2. The quantitative estimate of drug-likeness (QED) is 0.425. The van der Waals surface area contributed by atoms with Gasteiger partial charge < -0.3 is 9.47 Å². The van der Waals surface area contributed by atoms with Crippen LogP contribution in [-0.2, 0) is 11.3 Å². The van der Waals surface area contributed by atoms with Gasteiger partial charge >= 0.3 is 0 Å². The molecule has 1 aliphatic heterocycles. The fraction of sp³-hybridized carbons (Fsp3) is 0.130. The van der Waals surface area contributed by atoms with Crippen LogP contribution in [0.2, 0.25) is 0 Å². The van der Waals surface area contributed by atoms with E-state index >= 15 is 0 Å². The van der Waals surface area contributed by atoms with Crippen LogP contribution in [0, 0.1) is 0 Å². The summed E-state index contributed by atoms with van der Waals surface area (Å²) in [5.41, 5.74) is 1.61. The minimum Gasteiger partial charge on any atom is -0.497 e. The molecule has 152 valence electrons. The van der Waals surface area contributed by atoms with Crippen molar-refractivity contribution < 1.29 is 19.1 Å². The molecular weight excluding hydrogens is 466 g/mol. The number of halogens is 1. The number of fused-ring (bicyclic) bond motifs is 1. The lowest BCUT2D eigenvalue weighted by Gasteiger charge is -2.14. The molecule has 0 spiro atoms. The van der Waals surface area contributed by atoms with E-state index in [1.54, 1.807) is 20.3 Å². The summed E-state index contributed by atoms with van der Waals surface area (Å²) in [6, 6.07) is 17.1. The molecular formula is C23H18BrNO4S. The van der Waals surface area contributed by atoms with Gasteiger partial charge in [-0.25, -0.2) is 0 Å². The molecule has 0 aromatic heterocycles. The summed E-state index contributed by atoms with van der Waals surface area (Å²) in [5.74, 6) is 1.00. The highest BCUT2D eigenvalue weighted by molar-refractivity contribution is 9.10. The fourth-order valence-corrected chi connectivity index (χ4v) is 4.55. The third kappa shape index (κ3) is 3.82. The summed E-state index contributed by atoms with van der Waals surface area (Å²) in [6.07, 6.45) is 1.73. The van der Waals surface area contributed by atoms with E-state index in [-0.39, 0.29) is 17.7 Å². The Morgan fingerprint density at radius 2 is 1.80 bits per heavy atom. The lowest BCUT2D eigenvalue weighted by atomic mass is 10.0. The van der Waals surface area contributed by atoms with Crippen molar-refractivity contribution in [3.63, 3.8) is 0 Å². The first-order valence-electron chi connectivity index (χ1n) is 9.15. The second kappa shape index (κ2) is 8.53. The van der Waals surface area contributed by atoms with Crippen molar-refractivity contribution in [3.8, 4) is 11.5 Å². The van der Waals surface area contributed by atoms with Crippen molar-refractivity contribution >= 4 is 55.7 Å². The first-order chi connectivity index (χ1) is 14.5. The molecule has 0 aliphatic carbocycles. The predicted octanol–water partition coefficient (Wildman–Crippen LogP) is 5.86. The maximum Gasteiger partial charge on any atom is 0.293 e. The van der Waals surface area contributed by atoms with Gasteiger partial charge in [0, 0.05) is 10.0 Å². The van der Waals surface area contributed by atoms with Gasteiger partial charge in [0.25, 0.3) is 11.1 Å². The van der Waals surface area contributed by atoms with Crippen molar-refractivity contribution in [1.29, 1.82) is 0 Å². The molecule has 3 aromatic rings. The van der Waals surface area contributed by atoms with E-state index < -0.39 is 0 Å². The molecule has 1 saturated heterocycles. The van der Waals surface area contributed by atoms with Crippen LogP contribution in [0.15, 0.2) is 64.0 Å². The van der Waals surface area contributed by atoms with Gasteiger partial charge in [-0.15, -0.1) is 0 Å². The molecule has 4 rings (SSSR count). The van der Waals surface area contributed by atoms with Crippen LogP contribution in [0.4, 0.5) is 4.79 Å². The number of ether oxygens (including phenoxy) is 2. The molecule has 2 amide bonds. The molecule has 1 heterocycles. The summed E-state index contributed by atoms with van der Waals surface area (Å²) in [5, 5.41) is 1.57. The van der Waals surface area contributed by atoms with Crippen molar-refractivity contribution in [3.05, 3.63) is 75.1 Å². The Hall–Kier alpha value is -2.77. The standard InChI is InChI=1S/C23H18BrNO4S/c1-28-16-9-7-14-8-10-20(29-2)18(17(14)11-16)12-21-22(26)25(23(27)30-21)13-15-5-3-4-6-19(15)24/h3-12H,13H2,1-2H3/b21-12-. The van der Waals surface area contributed by atoms with E-state index in [2.05, 4.69) is 15.9 Å². The van der Waals surface area contributed by atoms with Gasteiger partial charge in [-0.2, -0.15) is 0 Å². The zero-order chi connectivity index (χ0) is 21.3. The minimum atomic E-state index is -0.317. The summed E-state index contributed by atoms with van der Waals surface area (Å²) in [6.45, 7) is 0.212. The summed E-state index contributed by atoms with van der Waals surface area (Å²) in [7, 11) is 3.19. The normalized spacial score (nSPS) is 15.3. The minimum absolute atomic E-state index is 0.212. The number of nitrogens with zero attached hydrogens (tertiary/aromatic N) is 1. The highest BCUT2D eigenvalue weighted by Gasteiger charge is 2.35. The maximum absolute atomic E-state index is 13.0. The molecule has 0 bridgehead atoms. The Bertz CT molecular complexity index is 1190. The Balaban J connectivity index is 1.75. The van der Waals surface area contributed by atoms with Gasteiger partial charge in [0.1, 0.15) is 11.5 Å². The highest BCUT2D eigenvalue weighted by Crippen LogP contribution is 2.38. The van der Waals surface area contributed by atoms with Gasteiger partial charge in [0.2, 0.25) is 0 Å². The van der Waals surface area contributed by atoms with Gasteiger partial charge in [0.15, 0.2) is 0 Å². The Labute approximate surface area is 186 Å². The molecule has 5 nitrogen and oxygen atoms in total. The van der Waals surface area contributed by atoms with Crippen LogP contribution in [0.1, 0.15) is 11.1 Å². The third-order valence-corrected chi connectivity index (χ3v) is 6.57. The van der Waals surface area contributed by atoms with Crippen LogP contribution < -0.4 is 9.47 Å². The monoisotopic (exact) mass is 483 g/mol. The maximum atomic E-state index is 13.0. The van der Waals surface area contributed by atoms with Gasteiger partial charge in [0.05, 0.1) is 25.7 Å². The summed E-state index contributed by atoms with van der Waals surface area (Å²) >= 11 is 4.41. The number of imide groups is 1. The van der Waals surface area contributed by atoms with Gasteiger partial charge in [-0.05, 0) is 58.4 Å². The number of carbonyl (C=O) groups excluding carboxylic acids is 2. The van der Waals surface area contributed by atoms with Crippen LogP contribution >= 0.6 is 27.7 Å². The summed E-state index contributed by atoms with van der Waals surface area (Å²) < 4.78 is 11.7. The van der Waals surface area contributed by atoms with Crippen LogP contribution in [0.3, 0.4) is 0 Å². The van der Waals surface area contributed by atoms with Crippen molar-refractivity contribution in [2.75, 3.05) is 14.2 Å². The molecule has 0 atom stereocenters. The molecule has 1 aliphatic rings. The summed E-state index contributed by atoms with van der Waals surface area (Å²) in [4.78, 5) is 27.2. The average molecular weight is 484 g/mol. The van der Waals surface area contributed by atoms with Crippen molar-refractivity contribution in [2.24, 2.45) is 0 Å². The molecule has 30 heavy (non-hydrogen) atoms. The first-order valence-corrected chi connectivity index (χ1v) is 10.8. The van der Waals surface area contributed by atoms with Crippen LogP contribution in [0.25, 0.3) is 16.8 Å². The zero-order valence-corrected chi connectivity index (χ0v) is 18.7. The number of rotatable bonds is 5. The Morgan fingerprint density at radius 1 is 1.03 bits per heavy atom. The SMILES string of the molecule is COc1ccc2ccc(OC)c(/C=C3\SC(=O)N(Cc4ccccc4Br)C3=O)c2c1. The molecule has 0 unspecified atom stereocenters. The van der Waals surface area contributed by atoms with Gasteiger partial charge in [-0.3, -0.25) is 14.5 Å². The number of thioether (sulfide) groups is 1. The number of methoxy groups -OCH3 is 2. The van der Waals surface area contributed by atoms with E-state index in [1.807, 2.05) is 54.6 Å². The smallest absolute Gasteiger partial charge is 0.293 e. The van der Waals surface area contributed by atoms with Crippen molar-refractivity contribution in [1.82, 2.24) is 4.90 Å². The second-order valence-electron chi connectivity index (χ2n) is 6.63. The largest absolute Gasteiger partial charge is 0.497 e. The third-order valence-electron chi connectivity index (χ3n) is 4.89. The number of amides is 2. The van der Waals surface area contributed by atoms with E-state index in [0.29, 0.717) is 16.4 Å². The first kappa shape index (κ1) is 20.5. The topological polar surface area (TPSA) is 55.8 Å². The van der Waals surface area contributed by atoms with Crippen molar-refractivity contribution in [2.45, 2.75) is 6.54 Å². The lowest BCUT2D eigenvalue weighted by molar-refractivity contribution is -0.123. The van der Waals surface area contributed by atoms with E-state index in [1.165, 1.54) is 4.90 Å². The number of benzene rings is 3. The Morgan fingerprint density at radius 3 is 2.53 bits per heavy atom. The van der Waals surface area contributed by atoms with Crippen LogP contribution in [0.5, 0.6) is 11.5 Å². The molecule has 3 aromatic carbocycles. The molecule has 0 saturated carbocycles. The van der Waals surface area contributed by atoms with Crippen LogP contribution in [-0.4, -0.2) is 30.3 Å². The highest BCUT2D eigenvalue weighted by atomic mass is 79.9. The van der Waals surface area contributed by atoms with E-state index in [0.717, 1.165) is 38.1 Å². The fourth-order valence-electron chi connectivity index (χ4n) is 3.32. The van der Waals surface area contributed by atoms with Gasteiger partial charge in [-0.1, -0.05) is 46.3 Å². The predicted molar refractivity (Wildman–Crippen MR) is 123 cm³/mol. The Kier molecular flexibility index (Phi) is 5.83. The molecule has 0 radical (unpaired) electrons. The second-order valence-corrected chi connectivity index (χ2v) is 8.48.